The van der Waals surface area contributed by atoms with Gasteiger partial charge in [-0.1, -0.05) is 154 Å². The van der Waals surface area contributed by atoms with Crippen LogP contribution in [0.5, 0.6) is 0 Å². The number of aliphatic hydroxyl groups excluding tert-OH is 1. The van der Waals surface area contributed by atoms with Gasteiger partial charge in [-0.2, -0.15) is 0 Å². The molecule has 1 unspecified atom stereocenters. The lowest BCUT2D eigenvalue weighted by atomic mass is 10.1. The number of hydrogen-bond acceptors (Lipinski definition) is 4. The van der Waals surface area contributed by atoms with E-state index in [9.17, 15) is 5.11 Å². The van der Waals surface area contributed by atoms with Crippen molar-refractivity contribution in [1.29, 1.82) is 0 Å². The number of rotatable bonds is 40. The molecule has 0 aliphatic carbocycles. The van der Waals surface area contributed by atoms with Crippen molar-refractivity contribution >= 4 is 0 Å². The number of hydrogen-bond donors (Lipinski definition) is 1. The van der Waals surface area contributed by atoms with Crippen molar-refractivity contribution < 1.29 is 14.6 Å². The van der Waals surface area contributed by atoms with Gasteiger partial charge in [0.1, 0.15) is 0 Å². The number of unbranched alkanes of at least 4 members (excludes halogenated alkanes) is 24. The normalized spacial score (nSPS) is 12.8. The molecule has 0 heterocycles. The first-order valence-corrected chi connectivity index (χ1v) is 21.1. The van der Waals surface area contributed by atoms with Crippen LogP contribution in [-0.2, 0) is 9.47 Å². The average molecular weight is 664 g/mol. The fourth-order valence-corrected chi connectivity index (χ4v) is 6.14. The molecule has 0 amide bonds. The molecule has 4 nitrogen and oxygen atoms in total. The molecule has 0 aliphatic rings. The summed E-state index contributed by atoms with van der Waals surface area (Å²) in [7, 11) is 0. The molecule has 0 bridgehead atoms. The van der Waals surface area contributed by atoms with Crippen LogP contribution in [0.1, 0.15) is 201 Å². The van der Waals surface area contributed by atoms with Crippen molar-refractivity contribution in [2.75, 3.05) is 46.1 Å². The van der Waals surface area contributed by atoms with Crippen LogP contribution in [0.15, 0.2) is 24.3 Å². The molecule has 0 fully saturated rings. The zero-order chi connectivity index (χ0) is 34.1. The zero-order valence-electron chi connectivity index (χ0n) is 32.3. The zero-order valence-corrected chi connectivity index (χ0v) is 32.3. The van der Waals surface area contributed by atoms with Gasteiger partial charge in [-0.15, -0.1) is 0 Å². The van der Waals surface area contributed by atoms with Crippen molar-refractivity contribution in [2.45, 2.75) is 207 Å². The van der Waals surface area contributed by atoms with E-state index in [-0.39, 0.29) is 12.6 Å². The highest BCUT2D eigenvalue weighted by Crippen LogP contribution is 2.12. The molecule has 0 saturated heterocycles. The van der Waals surface area contributed by atoms with E-state index in [0.29, 0.717) is 0 Å². The van der Waals surface area contributed by atoms with E-state index < -0.39 is 0 Å². The van der Waals surface area contributed by atoms with E-state index in [1.807, 2.05) is 0 Å². The summed E-state index contributed by atoms with van der Waals surface area (Å²) in [6.07, 6.45) is 47.0. The van der Waals surface area contributed by atoms with E-state index in [4.69, 9.17) is 9.47 Å². The number of allylic oxidation sites excluding steroid dienone is 4. The molecule has 4 heteroatoms. The van der Waals surface area contributed by atoms with Crippen molar-refractivity contribution in [3.8, 4) is 0 Å². The average Bonchev–Trinajstić information content (AvgIpc) is 3.09. The first-order valence-electron chi connectivity index (χ1n) is 21.1. The Labute approximate surface area is 295 Å². The molecular weight excluding hydrogens is 578 g/mol. The Morgan fingerprint density at radius 2 is 0.723 bits per heavy atom. The molecule has 1 atom stereocenters. The SMILES string of the molecule is CCCCCCCCC=CCCCCCCCCOCCN(CCOCCCCCCCCC=CCCCCCCCC)C(C)CO. The number of aliphatic hydroxyl groups is 1. The molecule has 0 saturated carbocycles. The van der Waals surface area contributed by atoms with Crippen LogP contribution in [-0.4, -0.2) is 62.2 Å². The maximum absolute atomic E-state index is 9.69. The van der Waals surface area contributed by atoms with E-state index >= 15 is 0 Å². The van der Waals surface area contributed by atoms with Gasteiger partial charge < -0.3 is 14.6 Å². The molecule has 0 aromatic carbocycles. The lowest BCUT2D eigenvalue weighted by Gasteiger charge is -2.27. The maximum atomic E-state index is 9.69. The highest BCUT2D eigenvalue weighted by atomic mass is 16.5. The summed E-state index contributed by atoms with van der Waals surface area (Å²) in [4.78, 5) is 2.31. The lowest BCUT2D eigenvalue weighted by Crippen LogP contribution is -2.40. The second-order valence-electron chi connectivity index (χ2n) is 14.2. The standard InChI is InChI=1S/C43H85NO3/c1-4-6-8-10-12-14-16-18-20-22-24-26-28-30-32-34-38-46-40-36-44(43(3)42-45)37-41-47-39-35-33-31-29-27-25-23-21-19-17-15-13-11-9-7-5-2/h18-21,43,45H,4-17,22-42H2,1-3H3. The molecule has 0 aliphatic heterocycles. The summed E-state index contributed by atoms with van der Waals surface area (Å²) in [6.45, 7) is 11.8. The first kappa shape index (κ1) is 46.3. The maximum Gasteiger partial charge on any atom is 0.0593 e. The topological polar surface area (TPSA) is 41.9 Å². The third-order valence-corrected chi connectivity index (χ3v) is 9.53. The minimum atomic E-state index is 0.151. The smallest absolute Gasteiger partial charge is 0.0593 e. The molecule has 1 N–H and O–H groups in total. The van der Waals surface area contributed by atoms with Crippen LogP contribution in [0.3, 0.4) is 0 Å². The Kier molecular flexibility index (Phi) is 40.9. The summed E-state index contributed by atoms with van der Waals surface area (Å²) in [5, 5.41) is 9.69. The second-order valence-corrected chi connectivity index (χ2v) is 14.2. The van der Waals surface area contributed by atoms with Gasteiger partial charge in [0.05, 0.1) is 19.8 Å². The molecule has 0 spiro atoms. The lowest BCUT2D eigenvalue weighted by molar-refractivity contribution is 0.0437. The van der Waals surface area contributed by atoms with Crippen LogP contribution >= 0.6 is 0 Å². The van der Waals surface area contributed by atoms with Crippen LogP contribution in [0.25, 0.3) is 0 Å². The monoisotopic (exact) mass is 664 g/mol. The third kappa shape index (κ3) is 38.0. The van der Waals surface area contributed by atoms with Gasteiger partial charge in [-0.3, -0.25) is 4.90 Å². The van der Waals surface area contributed by atoms with E-state index in [0.717, 1.165) is 52.4 Å². The van der Waals surface area contributed by atoms with Crippen LogP contribution < -0.4 is 0 Å². The fraction of sp³-hybridized carbons (Fsp3) is 0.907. The quantitative estimate of drug-likeness (QED) is 0.0523. The molecule has 0 aromatic heterocycles. The summed E-state index contributed by atoms with van der Waals surface area (Å²) >= 11 is 0. The van der Waals surface area contributed by atoms with Crippen LogP contribution in [0, 0.1) is 0 Å². The van der Waals surface area contributed by atoms with Gasteiger partial charge in [0.2, 0.25) is 0 Å². The Bertz CT molecular complexity index is 574. The van der Waals surface area contributed by atoms with Crippen molar-refractivity contribution in [3.05, 3.63) is 24.3 Å². The van der Waals surface area contributed by atoms with E-state index in [1.165, 1.54) is 167 Å². The highest BCUT2D eigenvalue weighted by Gasteiger charge is 2.12. The van der Waals surface area contributed by atoms with E-state index in [1.54, 1.807) is 0 Å². The minimum absolute atomic E-state index is 0.151. The van der Waals surface area contributed by atoms with Crippen molar-refractivity contribution in [2.24, 2.45) is 0 Å². The minimum Gasteiger partial charge on any atom is -0.395 e. The van der Waals surface area contributed by atoms with Gasteiger partial charge in [0.15, 0.2) is 0 Å². The number of ether oxygens (including phenoxy) is 2. The van der Waals surface area contributed by atoms with Gasteiger partial charge in [-0.25, -0.2) is 0 Å². The molecule has 0 radical (unpaired) electrons. The summed E-state index contributed by atoms with van der Waals surface area (Å²) in [6, 6.07) is 0.151. The van der Waals surface area contributed by atoms with Gasteiger partial charge in [0.25, 0.3) is 0 Å². The molecule has 0 aromatic rings. The Balaban J connectivity index is 3.51. The highest BCUT2D eigenvalue weighted by molar-refractivity contribution is 4.82. The summed E-state index contributed by atoms with van der Waals surface area (Å²) in [5.74, 6) is 0. The predicted octanol–water partition coefficient (Wildman–Crippen LogP) is 12.8. The second kappa shape index (κ2) is 41.5. The van der Waals surface area contributed by atoms with Gasteiger partial charge in [0, 0.05) is 32.3 Å². The Morgan fingerprint density at radius 1 is 0.426 bits per heavy atom. The number of nitrogens with zero attached hydrogens (tertiary/aromatic N) is 1. The van der Waals surface area contributed by atoms with Crippen LogP contribution in [0.2, 0.25) is 0 Å². The molecule has 47 heavy (non-hydrogen) atoms. The first-order chi connectivity index (χ1) is 23.3. The van der Waals surface area contributed by atoms with Gasteiger partial charge in [-0.05, 0) is 71.1 Å². The van der Waals surface area contributed by atoms with Gasteiger partial charge >= 0.3 is 0 Å². The largest absolute Gasteiger partial charge is 0.395 e. The fourth-order valence-electron chi connectivity index (χ4n) is 6.14. The van der Waals surface area contributed by atoms with Crippen molar-refractivity contribution in [1.82, 2.24) is 4.90 Å². The molecule has 0 rings (SSSR count). The molecule has 280 valence electrons. The Morgan fingerprint density at radius 3 is 1.04 bits per heavy atom. The predicted molar refractivity (Wildman–Crippen MR) is 209 cm³/mol. The van der Waals surface area contributed by atoms with Crippen LogP contribution in [0.4, 0.5) is 0 Å². The Hall–Kier alpha value is -0.680. The van der Waals surface area contributed by atoms with Crippen molar-refractivity contribution in [3.63, 3.8) is 0 Å². The summed E-state index contributed by atoms with van der Waals surface area (Å²) in [5.41, 5.74) is 0. The third-order valence-electron chi connectivity index (χ3n) is 9.53. The van der Waals surface area contributed by atoms with E-state index in [2.05, 4.69) is 50.0 Å². The summed E-state index contributed by atoms with van der Waals surface area (Å²) < 4.78 is 11.9. The molecular formula is C43H85NO3.